The lowest BCUT2D eigenvalue weighted by atomic mass is 10.4. The molecular weight excluding hydrogens is 166 g/mol. The summed E-state index contributed by atoms with van der Waals surface area (Å²) in [5, 5.41) is 0. The van der Waals surface area contributed by atoms with Crippen molar-refractivity contribution in [2.24, 2.45) is 0 Å². The van der Waals surface area contributed by atoms with Gasteiger partial charge in [-0.2, -0.15) is 0 Å². The molecule has 0 aliphatic carbocycles. The van der Waals surface area contributed by atoms with E-state index in [1.807, 2.05) is 12.1 Å². The van der Waals surface area contributed by atoms with Crippen LogP contribution >= 0.6 is 0 Å². The number of hydrogen-bond donors (Lipinski definition) is 0. The minimum Gasteiger partial charge on any atom is -0.308 e. The van der Waals surface area contributed by atoms with Gasteiger partial charge in [-0.3, -0.25) is 4.79 Å². The van der Waals surface area contributed by atoms with Gasteiger partial charge < -0.3 is 4.57 Å². The van der Waals surface area contributed by atoms with Gasteiger partial charge in [0.05, 0.1) is 12.9 Å². The number of pyridine rings is 1. The third-order valence-electron chi connectivity index (χ3n) is 1.77. The number of aromatic nitrogens is 3. The highest BCUT2D eigenvalue weighted by molar-refractivity contribution is 5.78. The molecular formula is C9H9N3O. The van der Waals surface area contributed by atoms with Crippen molar-refractivity contribution in [3.8, 4) is 0 Å². The van der Waals surface area contributed by atoms with Crippen molar-refractivity contribution >= 4 is 16.9 Å². The largest absolute Gasteiger partial charge is 0.308 e. The summed E-state index contributed by atoms with van der Waals surface area (Å²) < 4.78 is 1.75. The maximum absolute atomic E-state index is 10.9. The van der Waals surface area contributed by atoms with Crippen molar-refractivity contribution in [1.29, 1.82) is 0 Å². The molecule has 0 bridgehead atoms. The average molecular weight is 175 g/mol. The third kappa shape index (κ3) is 1.42. The van der Waals surface area contributed by atoms with Crippen LogP contribution in [0.25, 0.3) is 11.2 Å². The van der Waals surface area contributed by atoms with Crippen LogP contribution in [0, 0.1) is 0 Å². The molecule has 4 nitrogen and oxygen atoms in total. The second kappa shape index (κ2) is 2.97. The first kappa shape index (κ1) is 7.91. The number of hydrogen-bond acceptors (Lipinski definition) is 3. The molecule has 66 valence electrons. The molecule has 0 saturated carbocycles. The summed E-state index contributed by atoms with van der Waals surface area (Å²) in [4.78, 5) is 19.1. The molecule has 0 atom stereocenters. The first-order chi connectivity index (χ1) is 6.27. The second-order valence-electron chi connectivity index (χ2n) is 2.92. The van der Waals surface area contributed by atoms with E-state index in [1.165, 1.54) is 0 Å². The smallest absolute Gasteiger partial charge is 0.160 e. The second-order valence-corrected chi connectivity index (χ2v) is 2.92. The van der Waals surface area contributed by atoms with Gasteiger partial charge in [0.15, 0.2) is 5.65 Å². The standard InChI is InChI=1S/C9H9N3O/c1-7(13)5-12-6-11-8-3-2-4-10-9(8)12/h2-4,6H,5H2,1H3. The van der Waals surface area contributed by atoms with Gasteiger partial charge in [0.1, 0.15) is 11.3 Å². The number of carbonyl (C=O) groups excluding carboxylic acids is 1. The summed E-state index contributed by atoms with van der Waals surface area (Å²) in [6.07, 6.45) is 3.33. The Kier molecular flexibility index (Phi) is 1.81. The van der Waals surface area contributed by atoms with Gasteiger partial charge in [0.2, 0.25) is 0 Å². The molecule has 4 heteroatoms. The van der Waals surface area contributed by atoms with E-state index in [0.717, 1.165) is 11.2 Å². The molecule has 0 aliphatic heterocycles. The fourth-order valence-corrected chi connectivity index (χ4v) is 1.25. The summed E-state index contributed by atoms with van der Waals surface area (Å²) in [5.41, 5.74) is 1.58. The molecule has 0 amide bonds. The van der Waals surface area contributed by atoms with Gasteiger partial charge >= 0.3 is 0 Å². The van der Waals surface area contributed by atoms with Crippen molar-refractivity contribution in [3.05, 3.63) is 24.7 Å². The number of nitrogens with zero attached hydrogens (tertiary/aromatic N) is 3. The molecule has 2 aromatic heterocycles. The molecule has 2 rings (SSSR count). The SMILES string of the molecule is CC(=O)Cn1cnc2cccnc21. The van der Waals surface area contributed by atoms with E-state index in [2.05, 4.69) is 9.97 Å². The van der Waals surface area contributed by atoms with E-state index in [0.29, 0.717) is 6.54 Å². The summed E-state index contributed by atoms with van der Waals surface area (Å²) in [5.74, 6) is 0.102. The van der Waals surface area contributed by atoms with Gasteiger partial charge in [0.25, 0.3) is 0 Å². The van der Waals surface area contributed by atoms with Crippen molar-refractivity contribution < 1.29 is 4.79 Å². The molecule has 0 N–H and O–H groups in total. The zero-order valence-corrected chi connectivity index (χ0v) is 7.27. The molecule has 0 fully saturated rings. The predicted octanol–water partition coefficient (Wildman–Crippen LogP) is 1.02. The minimum absolute atomic E-state index is 0.102. The van der Waals surface area contributed by atoms with Crippen LogP contribution in [0.2, 0.25) is 0 Å². The highest BCUT2D eigenvalue weighted by Gasteiger charge is 2.03. The molecule has 0 spiro atoms. The summed E-state index contributed by atoms with van der Waals surface area (Å²) in [7, 11) is 0. The molecule has 0 aliphatic rings. The summed E-state index contributed by atoms with van der Waals surface area (Å²) in [6, 6.07) is 3.70. The van der Waals surface area contributed by atoms with Gasteiger partial charge in [-0.25, -0.2) is 9.97 Å². The molecule has 2 aromatic rings. The quantitative estimate of drug-likeness (QED) is 0.684. The normalized spacial score (nSPS) is 10.5. The lowest BCUT2D eigenvalue weighted by Crippen LogP contribution is -2.05. The molecule has 0 saturated heterocycles. The Morgan fingerprint density at radius 1 is 1.54 bits per heavy atom. The minimum atomic E-state index is 0.102. The van der Waals surface area contributed by atoms with Gasteiger partial charge in [-0.15, -0.1) is 0 Å². The summed E-state index contributed by atoms with van der Waals surface area (Å²) >= 11 is 0. The maximum atomic E-state index is 10.9. The third-order valence-corrected chi connectivity index (χ3v) is 1.77. The monoisotopic (exact) mass is 175 g/mol. The number of Topliss-reactive ketones (excluding diaryl/α,β-unsaturated/α-hetero) is 1. The molecule has 0 aromatic carbocycles. The molecule has 0 radical (unpaired) electrons. The maximum Gasteiger partial charge on any atom is 0.160 e. The van der Waals surface area contributed by atoms with Crippen molar-refractivity contribution in [2.45, 2.75) is 13.5 Å². The lowest BCUT2D eigenvalue weighted by molar-refractivity contribution is -0.117. The number of rotatable bonds is 2. The van der Waals surface area contributed by atoms with Crippen LogP contribution in [-0.2, 0) is 11.3 Å². The van der Waals surface area contributed by atoms with Crippen LogP contribution in [0.1, 0.15) is 6.92 Å². The topological polar surface area (TPSA) is 47.8 Å². The van der Waals surface area contributed by atoms with Gasteiger partial charge in [-0.05, 0) is 19.1 Å². The van der Waals surface area contributed by atoms with Crippen LogP contribution in [-0.4, -0.2) is 20.3 Å². The fraction of sp³-hybridized carbons (Fsp3) is 0.222. The Morgan fingerprint density at radius 3 is 3.15 bits per heavy atom. The molecule has 0 unspecified atom stereocenters. The Labute approximate surface area is 75.2 Å². The molecule has 13 heavy (non-hydrogen) atoms. The number of imidazole rings is 1. The number of ketones is 1. The van der Waals surface area contributed by atoms with Crippen LogP contribution in [0.3, 0.4) is 0 Å². The van der Waals surface area contributed by atoms with Crippen LogP contribution < -0.4 is 0 Å². The Morgan fingerprint density at radius 2 is 2.38 bits per heavy atom. The average Bonchev–Trinajstić information content (AvgIpc) is 2.48. The van der Waals surface area contributed by atoms with Crippen molar-refractivity contribution in [2.75, 3.05) is 0 Å². The van der Waals surface area contributed by atoms with Gasteiger partial charge in [-0.1, -0.05) is 0 Å². The predicted molar refractivity (Wildman–Crippen MR) is 48.2 cm³/mol. The first-order valence-electron chi connectivity index (χ1n) is 4.02. The van der Waals surface area contributed by atoms with E-state index in [-0.39, 0.29) is 5.78 Å². The van der Waals surface area contributed by atoms with E-state index in [9.17, 15) is 4.79 Å². The zero-order valence-electron chi connectivity index (χ0n) is 7.27. The van der Waals surface area contributed by atoms with Crippen molar-refractivity contribution in [3.63, 3.8) is 0 Å². The Balaban J connectivity index is 2.51. The highest BCUT2D eigenvalue weighted by atomic mass is 16.1. The van der Waals surface area contributed by atoms with Crippen LogP contribution in [0.4, 0.5) is 0 Å². The summed E-state index contributed by atoms with van der Waals surface area (Å²) in [6.45, 7) is 1.89. The van der Waals surface area contributed by atoms with E-state index in [4.69, 9.17) is 0 Å². The fourth-order valence-electron chi connectivity index (χ4n) is 1.25. The van der Waals surface area contributed by atoms with E-state index in [1.54, 1.807) is 24.0 Å². The lowest BCUT2D eigenvalue weighted by Gasteiger charge is -1.97. The number of fused-ring (bicyclic) bond motifs is 1. The number of carbonyl (C=O) groups is 1. The Hall–Kier alpha value is -1.71. The first-order valence-corrected chi connectivity index (χ1v) is 4.02. The van der Waals surface area contributed by atoms with Crippen LogP contribution in [0.15, 0.2) is 24.7 Å². The molecule has 2 heterocycles. The van der Waals surface area contributed by atoms with Crippen LogP contribution in [0.5, 0.6) is 0 Å². The van der Waals surface area contributed by atoms with E-state index >= 15 is 0 Å². The zero-order chi connectivity index (χ0) is 9.26. The Bertz CT molecular complexity index is 447. The van der Waals surface area contributed by atoms with Gasteiger partial charge in [0, 0.05) is 6.20 Å². The van der Waals surface area contributed by atoms with Crippen molar-refractivity contribution in [1.82, 2.24) is 14.5 Å². The highest BCUT2D eigenvalue weighted by Crippen LogP contribution is 2.07. The van der Waals surface area contributed by atoms with E-state index < -0.39 is 0 Å².